The first-order valence-electron chi connectivity index (χ1n) is 6.60. The van der Waals surface area contributed by atoms with E-state index in [2.05, 4.69) is 27.7 Å². The molecule has 0 saturated carbocycles. The van der Waals surface area contributed by atoms with Crippen molar-refractivity contribution < 1.29 is 4.74 Å². The van der Waals surface area contributed by atoms with Crippen LogP contribution in [0.3, 0.4) is 0 Å². The number of ether oxygens (including phenoxy) is 1. The van der Waals surface area contributed by atoms with E-state index in [-0.39, 0.29) is 0 Å². The molecule has 0 saturated heterocycles. The van der Waals surface area contributed by atoms with E-state index in [9.17, 15) is 0 Å². The van der Waals surface area contributed by atoms with Gasteiger partial charge in [0.1, 0.15) is 5.82 Å². The van der Waals surface area contributed by atoms with Crippen LogP contribution in [0.2, 0.25) is 0 Å². The third kappa shape index (κ3) is 2.49. The summed E-state index contributed by atoms with van der Waals surface area (Å²) in [5.74, 6) is 1.87. The van der Waals surface area contributed by atoms with E-state index in [0.29, 0.717) is 18.4 Å². The first-order valence-corrected chi connectivity index (χ1v) is 6.60. The van der Waals surface area contributed by atoms with Crippen LogP contribution in [0.15, 0.2) is 0 Å². The molecule has 1 atom stereocenters. The van der Waals surface area contributed by atoms with Gasteiger partial charge in [0, 0.05) is 17.9 Å². The Labute approximate surface area is 104 Å². The molecular weight excluding hydrogens is 212 g/mol. The lowest BCUT2D eigenvalue weighted by Gasteiger charge is -2.22. The van der Waals surface area contributed by atoms with Gasteiger partial charge in [-0.1, -0.05) is 27.7 Å². The number of rotatable bonds is 3. The molecule has 2 rings (SSSR count). The summed E-state index contributed by atoms with van der Waals surface area (Å²) in [6, 6.07) is 0. The van der Waals surface area contributed by atoms with Crippen LogP contribution in [0, 0.1) is 0 Å². The Morgan fingerprint density at radius 2 is 2.00 bits per heavy atom. The van der Waals surface area contributed by atoms with Crippen molar-refractivity contribution >= 4 is 0 Å². The van der Waals surface area contributed by atoms with E-state index >= 15 is 0 Å². The Morgan fingerprint density at radius 3 is 2.65 bits per heavy atom. The zero-order chi connectivity index (χ0) is 12.4. The fraction of sp³-hybridized carbons (Fsp3) is 0.714. The second-order valence-corrected chi connectivity index (χ2v) is 5.16. The van der Waals surface area contributed by atoms with E-state index in [1.807, 2.05) is 0 Å². The van der Waals surface area contributed by atoms with Gasteiger partial charge in [0.05, 0.1) is 24.6 Å². The lowest BCUT2D eigenvalue weighted by atomic mass is 9.96. The summed E-state index contributed by atoms with van der Waals surface area (Å²) in [5, 5.41) is 0. The number of hydrogen-bond donors (Lipinski definition) is 0. The molecule has 0 radical (unpaired) electrons. The topological polar surface area (TPSA) is 35.0 Å². The molecule has 2 heterocycles. The zero-order valence-corrected chi connectivity index (χ0v) is 11.3. The average molecular weight is 234 g/mol. The third-order valence-corrected chi connectivity index (χ3v) is 3.47. The summed E-state index contributed by atoms with van der Waals surface area (Å²) in [7, 11) is 0. The Balaban J connectivity index is 2.50. The van der Waals surface area contributed by atoms with Crippen LogP contribution in [0.1, 0.15) is 68.7 Å². The minimum absolute atomic E-state index is 0.394. The smallest absolute Gasteiger partial charge is 0.131 e. The number of hydrogen-bond acceptors (Lipinski definition) is 3. The van der Waals surface area contributed by atoms with Crippen molar-refractivity contribution in [1.82, 2.24) is 9.97 Å². The minimum atomic E-state index is 0.394. The van der Waals surface area contributed by atoms with Crippen LogP contribution in [0.4, 0.5) is 0 Å². The summed E-state index contributed by atoms with van der Waals surface area (Å²) in [4.78, 5) is 9.46. The first-order chi connectivity index (χ1) is 8.13. The van der Waals surface area contributed by atoms with E-state index < -0.39 is 0 Å². The van der Waals surface area contributed by atoms with Crippen molar-refractivity contribution in [1.29, 1.82) is 0 Å². The maximum atomic E-state index is 5.55. The van der Waals surface area contributed by atoms with Crippen molar-refractivity contribution in [2.45, 2.75) is 59.0 Å². The van der Waals surface area contributed by atoms with Crippen LogP contribution in [-0.4, -0.2) is 16.6 Å². The molecule has 3 nitrogen and oxygen atoms in total. The Hall–Kier alpha value is -0.960. The van der Waals surface area contributed by atoms with Gasteiger partial charge in [-0.15, -0.1) is 0 Å². The second kappa shape index (κ2) is 5.13. The van der Waals surface area contributed by atoms with Crippen LogP contribution >= 0.6 is 0 Å². The molecule has 0 N–H and O–H groups in total. The Kier molecular flexibility index (Phi) is 3.77. The molecule has 1 aromatic heterocycles. The van der Waals surface area contributed by atoms with Crippen LogP contribution in [-0.2, 0) is 17.8 Å². The highest BCUT2D eigenvalue weighted by Crippen LogP contribution is 2.27. The Bertz CT molecular complexity index is 401. The number of nitrogens with zero attached hydrogens (tertiary/aromatic N) is 2. The number of aromatic nitrogens is 2. The normalized spacial score (nSPS) is 17.0. The zero-order valence-electron chi connectivity index (χ0n) is 11.3. The molecule has 0 aliphatic carbocycles. The monoisotopic (exact) mass is 234 g/mol. The molecule has 3 heteroatoms. The van der Waals surface area contributed by atoms with Gasteiger partial charge in [0.2, 0.25) is 0 Å². The summed E-state index contributed by atoms with van der Waals surface area (Å²) >= 11 is 0. The highest BCUT2D eigenvalue weighted by atomic mass is 16.5. The minimum Gasteiger partial charge on any atom is -0.376 e. The largest absolute Gasteiger partial charge is 0.376 e. The highest BCUT2D eigenvalue weighted by Gasteiger charge is 2.21. The molecule has 0 spiro atoms. The maximum absolute atomic E-state index is 5.55. The summed E-state index contributed by atoms with van der Waals surface area (Å²) in [6.45, 7) is 10.2. The lowest BCUT2D eigenvalue weighted by molar-refractivity contribution is 0.107. The first kappa shape index (κ1) is 12.5. The van der Waals surface area contributed by atoms with Crippen molar-refractivity contribution in [2.24, 2.45) is 0 Å². The van der Waals surface area contributed by atoms with Crippen molar-refractivity contribution in [3.8, 4) is 0 Å². The molecule has 0 amide bonds. The highest BCUT2D eigenvalue weighted by molar-refractivity contribution is 5.30. The van der Waals surface area contributed by atoms with Gasteiger partial charge in [0.25, 0.3) is 0 Å². The SMILES string of the molecule is CCC(C)c1nc(C(C)C)nc2c1COCC2. The van der Waals surface area contributed by atoms with Gasteiger partial charge in [0.15, 0.2) is 0 Å². The molecule has 1 aliphatic rings. The molecule has 0 aromatic carbocycles. The fourth-order valence-corrected chi connectivity index (χ4v) is 2.14. The van der Waals surface area contributed by atoms with Crippen LogP contribution in [0.5, 0.6) is 0 Å². The van der Waals surface area contributed by atoms with Gasteiger partial charge < -0.3 is 4.74 Å². The molecule has 94 valence electrons. The molecule has 0 bridgehead atoms. The standard InChI is InChI=1S/C14H22N2O/c1-5-10(4)13-11-8-17-7-6-12(11)15-14(16-13)9(2)3/h9-10H,5-8H2,1-4H3. The molecule has 1 aromatic rings. The molecule has 0 fully saturated rings. The van der Waals surface area contributed by atoms with Crippen LogP contribution < -0.4 is 0 Å². The second-order valence-electron chi connectivity index (χ2n) is 5.16. The van der Waals surface area contributed by atoms with Crippen molar-refractivity contribution in [2.75, 3.05) is 6.61 Å². The van der Waals surface area contributed by atoms with Gasteiger partial charge in [-0.25, -0.2) is 9.97 Å². The summed E-state index contributed by atoms with van der Waals surface area (Å²) in [6.07, 6.45) is 2.04. The molecule has 1 unspecified atom stereocenters. The predicted octanol–water partition coefficient (Wildman–Crippen LogP) is 3.19. The predicted molar refractivity (Wildman–Crippen MR) is 68.2 cm³/mol. The van der Waals surface area contributed by atoms with E-state index in [4.69, 9.17) is 14.7 Å². The van der Waals surface area contributed by atoms with Gasteiger partial charge in [-0.05, 0) is 12.3 Å². The molecule has 17 heavy (non-hydrogen) atoms. The summed E-state index contributed by atoms with van der Waals surface area (Å²) < 4.78 is 5.55. The quantitative estimate of drug-likeness (QED) is 0.805. The Morgan fingerprint density at radius 1 is 1.24 bits per heavy atom. The third-order valence-electron chi connectivity index (χ3n) is 3.47. The van der Waals surface area contributed by atoms with Crippen molar-refractivity contribution in [3.63, 3.8) is 0 Å². The van der Waals surface area contributed by atoms with Gasteiger partial charge >= 0.3 is 0 Å². The lowest BCUT2D eigenvalue weighted by Crippen LogP contribution is -2.19. The molecule has 1 aliphatic heterocycles. The maximum Gasteiger partial charge on any atom is 0.131 e. The van der Waals surface area contributed by atoms with E-state index in [1.165, 1.54) is 17.0 Å². The van der Waals surface area contributed by atoms with Gasteiger partial charge in [-0.3, -0.25) is 0 Å². The van der Waals surface area contributed by atoms with E-state index in [0.717, 1.165) is 25.3 Å². The number of fused-ring (bicyclic) bond motifs is 1. The van der Waals surface area contributed by atoms with Gasteiger partial charge in [-0.2, -0.15) is 0 Å². The van der Waals surface area contributed by atoms with E-state index in [1.54, 1.807) is 0 Å². The van der Waals surface area contributed by atoms with Crippen LogP contribution in [0.25, 0.3) is 0 Å². The molecular formula is C14H22N2O. The fourth-order valence-electron chi connectivity index (χ4n) is 2.14. The van der Waals surface area contributed by atoms with Crippen molar-refractivity contribution in [3.05, 3.63) is 22.8 Å². The average Bonchev–Trinajstić information content (AvgIpc) is 2.36. The summed E-state index contributed by atoms with van der Waals surface area (Å²) in [5.41, 5.74) is 3.67.